The molecular formula is C25H19ClFN3O3. The lowest BCUT2D eigenvalue weighted by atomic mass is 10.1. The van der Waals surface area contributed by atoms with Gasteiger partial charge < -0.3 is 10.6 Å². The van der Waals surface area contributed by atoms with Crippen molar-refractivity contribution in [3.8, 4) is 0 Å². The number of benzene rings is 3. The Morgan fingerprint density at radius 2 is 1.55 bits per heavy atom. The van der Waals surface area contributed by atoms with Gasteiger partial charge in [-0.05, 0) is 79.6 Å². The molecule has 0 aliphatic carbocycles. The average molecular weight is 464 g/mol. The second-order valence-electron chi connectivity index (χ2n) is 7.65. The van der Waals surface area contributed by atoms with Gasteiger partial charge in [0, 0.05) is 16.9 Å². The summed E-state index contributed by atoms with van der Waals surface area (Å²) in [5.74, 6) is -2.04. The molecule has 0 atom stereocenters. The molecule has 1 heterocycles. The van der Waals surface area contributed by atoms with E-state index in [-0.39, 0.29) is 10.7 Å². The van der Waals surface area contributed by atoms with E-state index in [1.54, 1.807) is 30.3 Å². The van der Waals surface area contributed by atoms with Crippen molar-refractivity contribution in [2.45, 2.75) is 13.8 Å². The SMILES string of the molecule is Cc1cc(C)cc(N2C(=O)C(Cl)=C(Nc3cccc(C(=O)Nc4ccc(F)cc4)c3)C2=O)c1. The van der Waals surface area contributed by atoms with Crippen LogP contribution < -0.4 is 15.5 Å². The molecule has 0 bridgehead atoms. The number of carbonyl (C=O) groups is 3. The van der Waals surface area contributed by atoms with Gasteiger partial charge in [-0.1, -0.05) is 23.7 Å². The lowest BCUT2D eigenvalue weighted by Crippen LogP contribution is -2.32. The first-order chi connectivity index (χ1) is 15.7. The maximum absolute atomic E-state index is 13.1. The summed E-state index contributed by atoms with van der Waals surface area (Å²) in [6.07, 6.45) is 0. The molecule has 2 N–H and O–H groups in total. The summed E-state index contributed by atoms with van der Waals surface area (Å²) in [5.41, 5.74) is 3.31. The number of carbonyl (C=O) groups excluding carboxylic acids is 3. The minimum absolute atomic E-state index is 0.0723. The van der Waals surface area contributed by atoms with E-state index in [2.05, 4.69) is 10.6 Å². The fraction of sp³-hybridized carbons (Fsp3) is 0.0800. The zero-order chi connectivity index (χ0) is 23.7. The molecule has 3 amide bonds. The Labute approximate surface area is 194 Å². The lowest BCUT2D eigenvalue weighted by molar-refractivity contribution is -0.120. The average Bonchev–Trinajstić information content (AvgIpc) is 2.98. The number of nitrogens with one attached hydrogen (secondary N) is 2. The van der Waals surface area contributed by atoms with Gasteiger partial charge in [0.25, 0.3) is 17.7 Å². The number of imide groups is 1. The number of anilines is 3. The summed E-state index contributed by atoms with van der Waals surface area (Å²) in [5, 5.41) is 5.31. The first-order valence-corrected chi connectivity index (χ1v) is 10.4. The Balaban J connectivity index is 1.55. The number of aryl methyl sites for hydroxylation is 2. The zero-order valence-electron chi connectivity index (χ0n) is 17.8. The van der Waals surface area contributed by atoms with Crippen LogP contribution in [0.5, 0.6) is 0 Å². The number of rotatable bonds is 5. The van der Waals surface area contributed by atoms with Crippen LogP contribution >= 0.6 is 11.6 Å². The molecule has 4 rings (SSSR count). The van der Waals surface area contributed by atoms with Crippen molar-refractivity contribution in [2.24, 2.45) is 0 Å². The van der Waals surface area contributed by atoms with Crippen LogP contribution in [0.1, 0.15) is 21.5 Å². The largest absolute Gasteiger partial charge is 0.350 e. The van der Waals surface area contributed by atoms with Crippen molar-refractivity contribution in [1.82, 2.24) is 0 Å². The number of nitrogens with zero attached hydrogens (tertiary/aromatic N) is 1. The topological polar surface area (TPSA) is 78.5 Å². The van der Waals surface area contributed by atoms with Gasteiger partial charge in [-0.2, -0.15) is 0 Å². The van der Waals surface area contributed by atoms with Gasteiger partial charge in [-0.25, -0.2) is 9.29 Å². The summed E-state index contributed by atoms with van der Waals surface area (Å²) in [7, 11) is 0. The molecule has 1 aliphatic rings. The Morgan fingerprint density at radius 1 is 0.879 bits per heavy atom. The van der Waals surface area contributed by atoms with Crippen LogP contribution in [0, 0.1) is 19.7 Å². The van der Waals surface area contributed by atoms with E-state index in [9.17, 15) is 18.8 Å². The van der Waals surface area contributed by atoms with E-state index in [0.717, 1.165) is 16.0 Å². The molecule has 0 saturated heterocycles. The summed E-state index contributed by atoms with van der Waals surface area (Å²) >= 11 is 6.22. The van der Waals surface area contributed by atoms with Crippen LogP contribution in [0.3, 0.4) is 0 Å². The number of amides is 3. The van der Waals surface area contributed by atoms with E-state index in [1.165, 1.54) is 30.3 Å². The highest BCUT2D eigenvalue weighted by atomic mass is 35.5. The van der Waals surface area contributed by atoms with Gasteiger partial charge in [0.1, 0.15) is 16.5 Å². The quantitative estimate of drug-likeness (QED) is 0.514. The van der Waals surface area contributed by atoms with E-state index < -0.39 is 23.5 Å². The molecule has 3 aromatic rings. The summed E-state index contributed by atoms with van der Waals surface area (Å²) in [4.78, 5) is 39.4. The van der Waals surface area contributed by atoms with Crippen molar-refractivity contribution in [1.29, 1.82) is 0 Å². The van der Waals surface area contributed by atoms with E-state index in [0.29, 0.717) is 22.6 Å². The minimum Gasteiger partial charge on any atom is -0.350 e. The first kappa shape index (κ1) is 22.2. The lowest BCUT2D eigenvalue weighted by Gasteiger charge is -2.16. The molecule has 0 fully saturated rings. The standard InChI is InChI=1S/C25H19ClFN3O3/c1-14-10-15(2)12-20(11-14)30-24(32)21(26)22(25(30)33)28-19-5-3-4-16(13-19)23(31)29-18-8-6-17(27)7-9-18/h3-13,28H,1-2H3,(H,29,31). The first-order valence-electron chi connectivity index (χ1n) is 10.0. The minimum atomic E-state index is -0.626. The second kappa shape index (κ2) is 8.88. The van der Waals surface area contributed by atoms with Crippen LogP contribution in [-0.2, 0) is 9.59 Å². The predicted octanol–water partition coefficient (Wildman–Crippen LogP) is 5.13. The van der Waals surface area contributed by atoms with Crippen LogP contribution in [0.2, 0.25) is 0 Å². The molecule has 3 aromatic carbocycles. The van der Waals surface area contributed by atoms with Gasteiger partial charge in [0.05, 0.1) is 5.69 Å². The molecule has 8 heteroatoms. The molecule has 6 nitrogen and oxygen atoms in total. The smallest absolute Gasteiger partial charge is 0.283 e. The maximum atomic E-state index is 13.1. The van der Waals surface area contributed by atoms with Crippen molar-refractivity contribution in [3.63, 3.8) is 0 Å². The van der Waals surface area contributed by atoms with Crippen molar-refractivity contribution in [3.05, 3.63) is 100.0 Å². The number of hydrogen-bond acceptors (Lipinski definition) is 4. The third kappa shape index (κ3) is 4.63. The normalized spacial score (nSPS) is 13.5. The Hall–Kier alpha value is -3.97. The van der Waals surface area contributed by atoms with Gasteiger partial charge in [0.2, 0.25) is 0 Å². The van der Waals surface area contributed by atoms with Gasteiger partial charge in [-0.3, -0.25) is 14.4 Å². The van der Waals surface area contributed by atoms with Crippen LogP contribution in [0.25, 0.3) is 0 Å². The fourth-order valence-corrected chi connectivity index (χ4v) is 3.76. The van der Waals surface area contributed by atoms with Crippen LogP contribution in [0.4, 0.5) is 21.5 Å². The van der Waals surface area contributed by atoms with Crippen molar-refractivity contribution in [2.75, 3.05) is 15.5 Å². The summed E-state index contributed by atoms with van der Waals surface area (Å²) < 4.78 is 13.1. The Kier molecular flexibility index (Phi) is 5.98. The van der Waals surface area contributed by atoms with Crippen LogP contribution in [-0.4, -0.2) is 17.7 Å². The number of halogens is 2. The van der Waals surface area contributed by atoms with Crippen molar-refractivity contribution < 1.29 is 18.8 Å². The summed E-state index contributed by atoms with van der Waals surface area (Å²) in [6, 6.07) is 17.2. The molecular weight excluding hydrogens is 445 g/mol. The second-order valence-corrected chi connectivity index (χ2v) is 8.03. The molecule has 0 unspecified atom stereocenters. The third-order valence-electron chi connectivity index (χ3n) is 4.99. The van der Waals surface area contributed by atoms with E-state index in [1.807, 2.05) is 19.9 Å². The number of hydrogen-bond donors (Lipinski definition) is 2. The predicted molar refractivity (Wildman–Crippen MR) is 126 cm³/mol. The maximum Gasteiger partial charge on any atom is 0.283 e. The molecule has 0 radical (unpaired) electrons. The Bertz CT molecular complexity index is 1300. The fourth-order valence-electron chi connectivity index (χ4n) is 3.54. The molecule has 0 spiro atoms. The van der Waals surface area contributed by atoms with Gasteiger partial charge in [0.15, 0.2) is 0 Å². The highest BCUT2D eigenvalue weighted by Gasteiger charge is 2.39. The molecule has 33 heavy (non-hydrogen) atoms. The molecule has 0 saturated carbocycles. The molecule has 1 aliphatic heterocycles. The van der Waals surface area contributed by atoms with E-state index in [4.69, 9.17) is 11.6 Å². The third-order valence-corrected chi connectivity index (χ3v) is 5.34. The summed E-state index contributed by atoms with van der Waals surface area (Å²) in [6.45, 7) is 3.75. The molecule has 0 aromatic heterocycles. The van der Waals surface area contributed by atoms with Gasteiger partial charge in [-0.15, -0.1) is 0 Å². The van der Waals surface area contributed by atoms with Gasteiger partial charge >= 0.3 is 0 Å². The molecule has 166 valence electrons. The van der Waals surface area contributed by atoms with Crippen molar-refractivity contribution >= 4 is 46.4 Å². The van der Waals surface area contributed by atoms with Crippen LogP contribution in [0.15, 0.2) is 77.5 Å². The Morgan fingerprint density at radius 3 is 2.21 bits per heavy atom. The monoisotopic (exact) mass is 463 g/mol. The highest BCUT2D eigenvalue weighted by Crippen LogP contribution is 2.31. The van der Waals surface area contributed by atoms with E-state index >= 15 is 0 Å². The zero-order valence-corrected chi connectivity index (χ0v) is 18.5. The highest BCUT2D eigenvalue weighted by molar-refractivity contribution is 6.53.